The van der Waals surface area contributed by atoms with Gasteiger partial charge in [-0.05, 0) is 19.9 Å². The number of amides is 1. The highest BCUT2D eigenvalue weighted by Gasteiger charge is 2.41. The number of hydrogen-bond acceptors (Lipinski definition) is 3. The normalized spacial score (nSPS) is 18.5. The Kier molecular flexibility index (Phi) is 2.92. The van der Waals surface area contributed by atoms with Gasteiger partial charge in [-0.3, -0.25) is 0 Å². The maximum Gasteiger partial charge on any atom is 0.406 e. The largest absolute Gasteiger partial charge is 0.453 e. The van der Waals surface area contributed by atoms with Gasteiger partial charge in [0.1, 0.15) is 0 Å². The van der Waals surface area contributed by atoms with Crippen molar-refractivity contribution in [2.45, 2.75) is 12.8 Å². The standard InChI is InChI=1S/C8H16N2O2/c1-9-5-8(3-4-8)6-10-7(11)12-2/h9H,3-6H2,1-2H3,(H,10,11). The molecule has 0 aromatic heterocycles. The molecule has 0 unspecified atom stereocenters. The Morgan fingerprint density at radius 2 is 2.17 bits per heavy atom. The second-order valence-electron chi connectivity index (χ2n) is 3.38. The molecule has 12 heavy (non-hydrogen) atoms. The summed E-state index contributed by atoms with van der Waals surface area (Å²) in [7, 11) is 3.31. The fourth-order valence-corrected chi connectivity index (χ4v) is 1.30. The monoisotopic (exact) mass is 172 g/mol. The second kappa shape index (κ2) is 3.76. The van der Waals surface area contributed by atoms with Gasteiger partial charge < -0.3 is 15.4 Å². The zero-order chi connectivity index (χ0) is 9.03. The van der Waals surface area contributed by atoms with Gasteiger partial charge in [-0.2, -0.15) is 0 Å². The summed E-state index contributed by atoms with van der Waals surface area (Å²) in [5.74, 6) is 0. The Morgan fingerprint density at radius 3 is 2.58 bits per heavy atom. The van der Waals surface area contributed by atoms with E-state index in [0.29, 0.717) is 5.41 Å². The van der Waals surface area contributed by atoms with Crippen LogP contribution in [0.5, 0.6) is 0 Å². The molecule has 1 aliphatic rings. The number of alkyl carbamates (subject to hydrolysis) is 1. The van der Waals surface area contributed by atoms with Gasteiger partial charge in [-0.25, -0.2) is 4.79 Å². The van der Waals surface area contributed by atoms with Gasteiger partial charge in [0.25, 0.3) is 0 Å². The third-order valence-electron chi connectivity index (χ3n) is 2.30. The predicted molar refractivity (Wildman–Crippen MR) is 46.0 cm³/mol. The molecule has 70 valence electrons. The van der Waals surface area contributed by atoms with E-state index in [0.717, 1.165) is 13.1 Å². The van der Waals surface area contributed by atoms with Crippen LogP contribution in [-0.2, 0) is 4.74 Å². The van der Waals surface area contributed by atoms with E-state index in [1.165, 1.54) is 20.0 Å². The Balaban J connectivity index is 2.17. The Hall–Kier alpha value is -0.770. The smallest absolute Gasteiger partial charge is 0.406 e. The molecule has 1 fully saturated rings. The number of rotatable bonds is 4. The molecule has 0 spiro atoms. The lowest BCUT2D eigenvalue weighted by molar-refractivity contribution is 0.168. The average molecular weight is 172 g/mol. The van der Waals surface area contributed by atoms with E-state index in [-0.39, 0.29) is 6.09 Å². The van der Waals surface area contributed by atoms with Crippen LogP contribution in [0.1, 0.15) is 12.8 Å². The quantitative estimate of drug-likeness (QED) is 0.643. The maximum absolute atomic E-state index is 10.7. The van der Waals surface area contributed by atoms with Crippen LogP contribution in [0.3, 0.4) is 0 Å². The minimum atomic E-state index is -0.336. The minimum Gasteiger partial charge on any atom is -0.453 e. The predicted octanol–water partition coefficient (Wildman–Crippen LogP) is 0.342. The molecule has 1 amide bonds. The van der Waals surface area contributed by atoms with Gasteiger partial charge in [-0.1, -0.05) is 0 Å². The lowest BCUT2D eigenvalue weighted by atomic mass is 10.1. The van der Waals surface area contributed by atoms with Crippen LogP contribution in [0, 0.1) is 5.41 Å². The third-order valence-corrected chi connectivity index (χ3v) is 2.30. The molecule has 0 aromatic carbocycles. The third kappa shape index (κ3) is 2.37. The molecule has 0 atom stereocenters. The highest BCUT2D eigenvalue weighted by Crippen LogP contribution is 2.44. The molecule has 0 bridgehead atoms. The summed E-state index contributed by atoms with van der Waals surface area (Å²) >= 11 is 0. The van der Waals surface area contributed by atoms with Crippen LogP contribution >= 0.6 is 0 Å². The van der Waals surface area contributed by atoms with Gasteiger partial charge in [-0.15, -0.1) is 0 Å². The van der Waals surface area contributed by atoms with Gasteiger partial charge in [0.15, 0.2) is 0 Å². The first-order valence-corrected chi connectivity index (χ1v) is 4.19. The summed E-state index contributed by atoms with van der Waals surface area (Å²) in [4.78, 5) is 10.7. The topological polar surface area (TPSA) is 50.4 Å². The fraction of sp³-hybridized carbons (Fsp3) is 0.875. The average Bonchev–Trinajstić information content (AvgIpc) is 2.82. The van der Waals surface area contributed by atoms with Gasteiger partial charge in [0.05, 0.1) is 7.11 Å². The molecular formula is C8H16N2O2. The number of methoxy groups -OCH3 is 1. The molecule has 1 rings (SSSR count). The lowest BCUT2D eigenvalue weighted by Gasteiger charge is -2.14. The van der Waals surface area contributed by atoms with Crippen LogP contribution in [0.4, 0.5) is 4.79 Å². The molecule has 0 radical (unpaired) electrons. The molecule has 0 aliphatic heterocycles. The number of carbonyl (C=O) groups excluding carboxylic acids is 1. The van der Waals surface area contributed by atoms with E-state index < -0.39 is 0 Å². The van der Waals surface area contributed by atoms with Crippen LogP contribution in [0.2, 0.25) is 0 Å². The number of nitrogens with one attached hydrogen (secondary N) is 2. The van der Waals surface area contributed by atoms with E-state index in [2.05, 4.69) is 15.4 Å². The van der Waals surface area contributed by atoms with Crippen molar-refractivity contribution in [3.63, 3.8) is 0 Å². The maximum atomic E-state index is 10.7. The zero-order valence-corrected chi connectivity index (χ0v) is 7.64. The molecule has 4 nitrogen and oxygen atoms in total. The summed E-state index contributed by atoms with van der Waals surface area (Å²) in [5, 5.41) is 5.84. The van der Waals surface area contributed by atoms with Crippen LogP contribution in [-0.4, -0.2) is 33.3 Å². The summed E-state index contributed by atoms with van der Waals surface area (Å²) < 4.78 is 4.48. The number of hydrogen-bond donors (Lipinski definition) is 2. The molecule has 0 saturated heterocycles. The van der Waals surface area contributed by atoms with Crippen molar-refractivity contribution >= 4 is 6.09 Å². The molecule has 1 saturated carbocycles. The summed E-state index contributed by atoms with van der Waals surface area (Å²) in [6, 6.07) is 0. The molecular weight excluding hydrogens is 156 g/mol. The van der Waals surface area contributed by atoms with Crippen molar-refractivity contribution in [3.05, 3.63) is 0 Å². The Morgan fingerprint density at radius 1 is 1.50 bits per heavy atom. The van der Waals surface area contributed by atoms with Gasteiger partial charge in [0, 0.05) is 18.5 Å². The van der Waals surface area contributed by atoms with Crippen molar-refractivity contribution in [1.29, 1.82) is 0 Å². The van der Waals surface area contributed by atoms with Crippen LogP contribution < -0.4 is 10.6 Å². The number of carbonyl (C=O) groups is 1. The van der Waals surface area contributed by atoms with Crippen LogP contribution in [0.15, 0.2) is 0 Å². The Labute approximate surface area is 72.7 Å². The molecule has 0 aromatic rings. The summed E-state index contributed by atoms with van der Waals surface area (Å²) in [6.07, 6.45) is 2.05. The first kappa shape index (κ1) is 9.32. The summed E-state index contributed by atoms with van der Waals surface area (Å²) in [5.41, 5.74) is 0.308. The van der Waals surface area contributed by atoms with Crippen molar-refractivity contribution in [2.24, 2.45) is 5.41 Å². The lowest BCUT2D eigenvalue weighted by Crippen LogP contribution is -2.34. The van der Waals surface area contributed by atoms with Crippen molar-refractivity contribution < 1.29 is 9.53 Å². The zero-order valence-electron chi connectivity index (χ0n) is 7.64. The van der Waals surface area contributed by atoms with E-state index in [1.807, 2.05) is 7.05 Å². The van der Waals surface area contributed by atoms with E-state index in [4.69, 9.17) is 0 Å². The van der Waals surface area contributed by atoms with Gasteiger partial charge in [0.2, 0.25) is 0 Å². The van der Waals surface area contributed by atoms with Gasteiger partial charge >= 0.3 is 6.09 Å². The molecule has 2 N–H and O–H groups in total. The minimum absolute atomic E-state index is 0.308. The fourth-order valence-electron chi connectivity index (χ4n) is 1.30. The molecule has 0 heterocycles. The van der Waals surface area contributed by atoms with E-state index >= 15 is 0 Å². The highest BCUT2D eigenvalue weighted by molar-refractivity contribution is 5.66. The van der Waals surface area contributed by atoms with Crippen molar-refractivity contribution in [2.75, 3.05) is 27.2 Å². The summed E-state index contributed by atoms with van der Waals surface area (Å²) in [6.45, 7) is 1.69. The van der Waals surface area contributed by atoms with Crippen molar-refractivity contribution in [3.8, 4) is 0 Å². The SMILES string of the molecule is CNCC1(CNC(=O)OC)CC1. The first-order valence-electron chi connectivity index (χ1n) is 4.19. The molecule has 1 aliphatic carbocycles. The Bertz CT molecular complexity index is 166. The molecule has 4 heteroatoms. The van der Waals surface area contributed by atoms with E-state index in [9.17, 15) is 4.79 Å². The number of ether oxygens (including phenoxy) is 1. The highest BCUT2D eigenvalue weighted by atomic mass is 16.5. The first-order chi connectivity index (χ1) is 5.72. The van der Waals surface area contributed by atoms with Crippen molar-refractivity contribution in [1.82, 2.24) is 10.6 Å². The second-order valence-corrected chi connectivity index (χ2v) is 3.38. The van der Waals surface area contributed by atoms with Crippen LogP contribution in [0.25, 0.3) is 0 Å². The van der Waals surface area contributed by atoms with E-state index in [1.54, 1.807) is 0 Å².